The zero-order valence-electron chi connectivity index (χ0n) is 12.6. The molecule has 0 aliphatic heterocycles. The van der Waals surface area contributed by atoms with Gasteiger partial charge in [0.1, 0.15) is 5.76 Å². The second-order valence-corrected chi connectivity index (χ2v) is 7.22. The zero-order chi connectivity index (χ0) is 15.9. The molecule has 0 atom stereocenters. The lowest BCUT2D eigenvalue weighted by Gasteiger charge is -2.20. The van der Waals surface area contributed by atoms with Crippen LogP contribution in [0.4, 0.5) is 0 Å². The van der Waals surface area contributed by atoms with Crippen molar-refractivity contribution < 1.29 is 9.21 Å². The van der Waals surface area contributed by atoms with E-state index in [1.807, 2.05) is 35.7 Å². The highest BCUT2D eigenvalue weighted by atomic mass is 32.1. The maximum Gasteiger partial charge on any atom is 0.234 e. The second kappa shape index (κ2) is 8.10. The first-order valence-electron chi connectivity index (χ1n) is 7.36. The van der Waals surface area contributed by atoms with Crippen LogP contribution in [0, 0.1) is 0 Å². The normalized spacial score (nSPS) is 11.0. The Morgan fingerprint density at radius 3 is 2.48 bits per heavy atom. The SMILES string of the molecule is O=C(CN(Cc1ccco1)Cc1cccs1)NCc1cccs1. The number of carbonyl (C=O) groups is 1. The molecule has 3 aromatic heterocycles. The van der Waals surface area contributed by atoms with Crippen molar-refractivity contribution in [3.8, 4) is 0 Å². The third kappa shape index (κ3) is 5.06. The molecule has 3 rings (SSSR count). The predicted octanol–water partition coefficient (Wildman–Crippen LogP) is 3.72. The molecule has 1 amide bonds. The summed E-state index contributed by atoms with van der Waals surface area (Å²) < 4.78 is 5.42. The van der Waals surface area contributed by atoms with Crippen LogP contribution in [-0.4, -0.2) is 17.4 Å². The lowest BCUT2D eigenvalue weighted by molar-refractivity contribution is -0.122. The first kappa shape index (κ1) is 16.0. The van der Waals surface area contributed by atoms with Crippen molar-refractivity contribution in [2.75, 3.05) is 6.54 Å². The van der Waals surface area contributed by atoms with Crippen LogP contribution in [0.3, 0.4) is 0 Å². The molecule has 120 valence electrons. The van der Waals surface area contributed by atoms with E-state index in [0.717, 1.165) is 17.2 Å². The minimum Gasteiger partial charge on any atom is -0.468 e. The quantitative estimate of drug-likeness (QED) is 0.676. The van der Waals surface area contributed by atoms with E-state index in [4.69, 9.17) is 4.42 Å². The van der Waals surface area contributed by atoms with Gasteiger partial charge in [0.2, 0.25) is 5.91 Å². The van der Waals surface area contributed by atoms with Crippen molar-refractivity contribution in [3.63, 3.8) is 0 Å². The highest BCUT2D eigenvalue weighted by Crippen LogP contribution is 2.14. The van der Waals surface area contributed by atoms with Gasteiger partial charge in [-0.25, -0.2) is 0 Å². The number of furan rings is 1. The molecular formula is C17H18N2O2S2. The molecule has 0 aliphatic rings. The Morgan fingerprint density at radius 2 is 1.83 bits per heavy atom. The standard InChI is InChI=1S/C17H18N2O2S2/c20-17(18-10-15-5-2-8-22-15)13-19(11-14-4-1-7-21-14)12-16-6-3-9-23-16/h1-9H,10-13H2,(H,18,20). The van der Waals surface area contributed by atoms with Gasteiger partial charge in [0, 0.05) is 16.3 Å². The molecular weight excluding hydrogens is 328 g/mol. The first-order valence-corrected chi connectivity index (χ1v) is 9.12. The highest BCUT2D eigenvalue weighted by molar-refractivity contribution is 7.10. The number of carbonyl (C=O) groups excluding carboxylic acids is 1. The fourth-order valence-corrected chi connectivity index (χ4v) is 3.66. The minimum absolute atomic E-state index is 0.0292. The summed E-state index contributed by atoms with van der Waals surface area (Å²) in [6, 6.07) is 11.9. The number of nitrogens with zero attached hydrogens (tertiary/aromatic N) is 1. The number of hydrogen-bond donors (Lipinski definition) is 1. The van der Waals surface area contributed by atoms with Crippen molar-refractivity contribution in [2.45, 2.75) is 19.6 Å². The van der Waals surface area contributed by atoms with Gasteiger partial charge >= 0.3 is 0 Å². The monoisotopic (exact) mass is 346 g/mol. The van der Waals surface area contributed by atoms with Gasteiger partial charge in [-0.3, -0.25) is 9.69 Å². The average molecular weight is 346 g/mol. The van der Waals surface area contributed by atoms with Crippen molar-refractivity contribution in [1.29, 1.82) is 0 Å². The van der Waals surface area contributed by atoms with Crippen LogP contribution in [0.25, 0.3) is 0 Å². The Labute approximate surface area is 143 Å². The van der Waals surface area contributed by atoms with Gasteiger partial charge in [0.25, 0.3) is 0 Å². The van der Waals surface area contributed by atoms with Crippen molar-refractivity contribution in [1.82, 2.24) is 10.2 Å². The van der Waals surface area contributed by atoms with E-state index in [0.29, 0.717) is 19.6 Å². The van der Waals surface area contributed by atoms with Crippen molar-refractivity contribution >= 4 is 28.6 Å². The lowest BCUT2D eigenvalue weighted by Crippen LogP contribution is -2.36. The molecule has 0 radical (unpaired) electrons. The molecule has 6 heteroatoms. The lowest BCUT2D eigenvalue weighted by atomic mass is 10.3. The van der Waals surface area contributed by atoms with Crippen LogP contribution in [-0.2, 0) is 24.4 Å². The molecule has 0 fully saturated rings. The largest absolute Gasteiger partial charge is 0.468 e. The van der Waals surface area contributed by atoms with Gasteiger partial charge in [0.15, 0.2) is 0 Å². The molecule has 0 bridgehead atoms. The Balaban J connectivity index is 1.56. The summed E-state index contributed by atoms with van der Waals surface area (Å²) in [5.41, 5.74) is 0. The fourth-order valence-electron chi connectivity index (χ4n) is 2.27. The number of nitrogens with one attached hydrogen (secondary N) is 1. The predicted molar refractivity (Wildman–Crippen MR) is 93.3 cm³/mol. The van der Waals surface area contributed by atoms with Crippen LogP contribution in [0.15, 0.2) is 57.8 Å². The van der Waals surface area contributed by atoms with Crippen molar-refractivity contribution in [2.24, 2.45) is 0 Å². The number of amides is 1. The maximum absolute atomic E-state index is 12.2. The van der Waals surface area contributed by atoms with Gasteiger partial charge in [-0.15, -0.1) is 22.7 Å². The zero-order valence-corrected chi connectivity index (χ0v) is 14.2. The van der Waals surface area contributed by atoms with Crippen molar-refractivity contribution in [3.05, 3.63) is 68.9 Å². The Morgan fingerprint density at radius 1 is 1.04 bits per heavy atom. The van der Waals surface area contributed by atoms with E-state index in [-0.39, 0.29) is 5.91 Å². The van der Waals surface area contributed by atoms with Crippen LogP contribution in [0.5, 0.6) is 0 Å². The average Bonchev–Trinajstić information content (AvgIpc) is 3.29. The molecule has 0 saturated heterocycles. The first-order chi connectivity index (χ1) is 11.3. The Kier molecular flexibility index (Phi) is 5.63. The summed E-state index contributed by atoms with van der Waals surface area (Å²) >= 11 is 3.35. The number of thiophene rings is 2. The third-order valence-electron chi connectivity index (χ3n) is 3.33. The summed E-state index contributed by atoms with van der Waals surface area (Å²) in [6.07, 6.45) is 1.66. The number of hydrogen-bond acceptors (Lipinski definition) is 5. The molecule has 3 heterocycles. The third-order valence-corrected chi connectivity index (χ3v) is 5.06. The molecule has 0 saturated carbocycles. The van der Waals surface area contributed by atoms with Gasteiger partial charge in [0.05, 0.1) is 25.9 Å². The van der Waals surface area contributed by atoms with Gasteiger partial charge < -0.3 is 9.73 Å². The van der Waals surface area contributed by atoms with Crippen LogP contribution in [0.2, 0.25) is 0 Å². The van der Waals surface area contributed by atoms with E-state index in [1.165, 1.54) is 4.88 Å². The molecule has 1 N–H and O–H groups in total. The highest BCUT2D eigenvalue weighted by Gasteiger charge is 2.14. The summed E-state index contributed by atoms with van der Waals surface area (Å²) in [5.74, 6) is 0.897. The Hall–Kier alpha value is -1.89. The molecule has 0 spiro atoms. The second-order valence-electron chi connectivity index (χ2n) is 5.16. The molecule has 0 aromatic carbocycles. The number of rotatable bonds is 8. The minimum atomic E-state index is 0.0292. The molecule has 4 nitrogen and oxygen atoms in total. The summed E-state index contributed by atoms with van der Waals surface area (Å²) in [7, 11) is 0. The molecule has 23 heavy (non-hydrogen) atoms. The van der Waals surface area contributed by atoms with E-state index < -0.39 is 0 Å². The summed E-state index contributed by atoms with van der Waals surface area (Å²) in [4.78, 5) is 16.7. The molecule has 3 aromatic rings. The smallest absolute Gasteiger partial charge is 0.234 e. The molecule has 0 aliphatic carbocycles. The topological polar surface area (TPSA) is 45.5 Å². The van der Waals surface area contributed by atoms with E-state index >= 15 is 0 Å². The molecule has 0 unspecified atom stereocenters. The summed E-state index contributed by atoms with van der Waals surface area (Å²) in [6.45, 7) is 2.30. The van der Waals surface area contributed by atoms with E-state index in [1.54, 1.807) is 28.9 Å². The van der Waals surface area contributed by atoms with Crippen LogP contribution >= 0.6 is 22.7 Å². The summed E-state index contributed by atoms with van der Waals surface area (Å²) in [5, 5.41) is 7.05. The van der Waals surface area contributed by atoms with Crippen LogP contribution < -0.4 is 5.32 Å². The van der Waals surface area contributed by atoms with E-state index in [2.05, 4.69) is 21.7 Å². The van der Waals surface area contributed by atoms with Gasteiger partial charge in [-0.05, 0) is 35.0 Å². The van der Waals surface area contributed by atoms with Gasteiger partial charge in [-0.2, -0.15) is 0 Å². The Bertz CT molecular complexity index is 655. The van der Waals surface area contributed by atoms with E-state index in [9.17, 15) is 4.79 Å². The maximum atomic E-state index is 12.2. The van der Waals surface area contributed by atoms with Gasteiger partial charge in [-0.1, -0.05) is 12.1 Å². The van der Waals surface area contributed by atoms with Crippen LogP contribution in [0.1, 0.15) is 15.5 Å². The fraction of sp³-hybridized carbons (Fsp3) is 0.235.